The Morgan fingerprint density at radius 3 is 1.48 bits per heavy atom. The molecule has 0 rings (SSSR count). The molecule has 0 bridgehead atoms. The molecule has 0 aliphatic carbocycles. The number of carbonyl (C=O) groups is 2. The summed E-state index contributed by atoms with van der Waals surface area (Å²) in [6.45, 7) is 12.7. The zero-order valence-electron chi connectivity index (χ0n) is 15.0. The van der Waals surface area contributed by atoms with E-state index in [2.05, 4.69) is 0 Å². The number of rotatable bonds is 8. The van der Waals surface area contributed by atoms with Crippen LogP contribution < -0.4 is 0 Å². The molecule has 0 saturated carbocycles. The third-order valence-electron chi connectivity index (χ3n) is 2.58. The SMILES string of the molecule is CC(C)(C)OOC(C(=O)O)C(OOC(C)(C)C)C(C)(C)C(=O)O. The summed E-state index contributed by atoms with van der Waals surface area (Å²) in [6.07, 6.45) is -3.14. The fourth-order valence-electron chi connectivity index (χ4n) is 1.28. The second-order valence-electron chi connectivity index (χ2n) is 7.79. The first-order valence-electron chi connectivity index (χ1n) is 7.23. The van der Waals surface area contributed by atoms with E-state index < -0.39 is 40.8 Å². The van der Waals surface area contributed by atoms with Crippen molar-refractivity contribution >= 4 is 11.9 Å². The molecule has 0 aromatic rings. The van der Waals surface area contributed by atoms with E-state index in [-0.39, 0.29) is 0 Å². The highest BCUT2D eigenvalue weighted by atomic mass is 17.2. The molecule has 2 N–H and O–H groups in total. The predicted octanol–water partition coefficient (Wildman–Crippen LogP) is 2.41. The van der Waals surface area contributed by atoms with Gasteiger partial charge in [0.15, 0.2) is 0 Å². The summed E-state index contributed by atoms with van der Waals surface area (Å²) in [4.78, 5) is 43.3. The number of carboxylic acid groups (broad SMARTS) is 2. The quantitative estimate of drug-likeness (QED) is 0.513. The molecular formula is C15H28O8. The molecule has 0 heterocycles. The molecule has 0 aromatic carbocycles. The van der Waals surface area contributed by atoms with Crippen LogP contribution in [-0.4, -0.2) is 45.6 Å². The molecule has 0 aliphatic heterocycles. The Kier molecular flexibility index (Phi) is 7.16. The monoisotopic (exact) mass is 336 g/mol. The van der Waals surface area contributed by atoms with Crippen LogP contribution in [0.2, 0.25) is 0 Å². The molecule has 0 amide bonds. The molecule has 0 aromatic heterocycles. The Labute approximate surface area is 136 Å². The summed E-state index contributed by atoms with van der Waals surface area (Å²) in [6, 6.07) is 0. The van der Waals surface area contributed by atoms with Crippen LogP contribution in [0.3, 0.4) is 0 Å². The number of aliphatic carboxylic acids is 2. The highest BCUT2D eigenvalue weighted by molar-refractivity contribution is 5.78. The van der Waals surface area contributed by atoms with E-state index >= 15 is 0 Å². The van der Waals surface area contributed by atoms with Crippen molar-refractivity contribution in [2.45, 2.75) is 78.8 Å². The van der Waals surface area contributed by atoms with Gasteiger partial charge >= 0.3 is 11.9 Å². The third-order valence-corrected chi connectivity index (χ3v) is 2.58. The van der Waals surface area contributed by atoms with Crippen molar-refractivity contribution in [1.82, 2.24) is 0 Å². The standard InChI is InChI=1S/C15H28O8/c1-13(2,3)22-20-9(11(16)17)10(15(7,8)12(18)19)21-23-14(4,5)6/h9-10H,1-8H3,(H,16,17)(H,18,19). The van der Waals surface area contributed by atoms with E-state index in [9.17, 15) is 19.8 Å². The molecule has 136 valence electrons. The second-order valence-corrected chi connectivity index (χ2v) is 7.79. The molecule has 23 heavy (non-hydrogen) atoms. The topological polar surface area (TPSA) is 112 Å². The summed E-state index contributed by atoms with van der Waals surface area (Å²) in [5, 5.41) is 18.8. The van der Waals surface area contributed by atoms with Gasteiger partial charge in [-0.05, 0) is 55.4 Å². The van der Waals surface area contributed by atoms with Gasteiger partial charge in [-0.1, -0.05) is 0 Å². The maximum atomic E-state index is 11.5. The lowest BCUT2D eigenvalue weighted by Crippen LogP contribution is -2.52. The first-order chi connectivity index (χ1) is 10.1. The summed E-state index contributed by atoms with van der Waals surface area (Å²) in [7, 11) is 0. The lowest BCUT2D eigenvalue weighted by atomic mass is 9.83. The molecule has 0 radical (unpaired) electrons. The predicted molar refractivity (Wildman–Crippen MR) is 80.5 cm³/mol. The molecule has 8 nitrogen and oxygen atoms in total. The van der Waals surface area contributed by atoms with E-state index in [1.54, 1.807) is 41.5 Å². The zero-order valence-corrected chi connectivity index (χ0v) is 15.0. The normalized spacial score (nSPS) is 16.0. The lowest BCUT2D eigenvalue weighted by Gasteiger charge is -2.35. The maximum Gasteiger partial charge on any atom is 0.339 e. The van der Waals surface area contributed by atoms with Gasteiger partial charge < -0.3 is 10.2 Å². The van der Waals surface area contributed by atoms with Gasteiger partial charge in [-0.15, -0.1) is 0 Å². The van der Waals surface area contributed by atoms with E-state index in [0.717, 1.165) is 0 Å². The molecule has 0 spiro atoms. The van der Waals surface area contributed by atoms with Crippen LogP contribution in [-0.2, 0) is 29.1 Å². The molecule has 0 saturated heterocycles. The van der Waals surface area contributed by atoms with Crippen molar-refractivity contribution in [2.24, 2.45) is 5.41 Å². The molecule has 8 heteroatoms. The van der Waals surface area contributed by atoms with E-state index in [4.69, 9.17) is 19.6 Å². The highest BCUT2D eigenvalue weighted by Crippen LogP contribution is 2.30. The first kappa shape index (κ1) is 21.8. The Morgan fingerprint density at radius 1 is 0.783 bits per heavy atom. The van der Waals surface area contributed by atoms with Crippen LogP contribution in [0.1, 0.15) is 55.4 Å². The van der Waals surface area contributed by atoms with Gasteiger partial charge in [0.25, 0.3) is 0 Å². The maximum absolute atomic E-state index is 11.5. The van der Waals surface area contributed by atoms with Crippen LogP contribution in [0, 0.1) is 5.41 Å². The zero-order chi connectivity index (χ0) is 18.6. The largest absolute Gasteiger partial charge is 0.481 e. The summed E-state index contributed by atoms with van der Waals surface area (Å²) in [5.74, 6) is -2.68. The van der Waals surface area contributed by atoms with Crippen molar-refractivity contribution in [3.8, 4) is 0 Å². The highest BCUT2D eigenvalue weighted by Gasteiger charge is 2.49. The summed E-state index contributed by atoms with van der Waals surface area (Å²) >= 11 is 0. The van der Waals surface area contributed by atoms with E-state index in [0.29, 0.717) is 0 Å². The minimum atomic E-state index is -1.69. The van der Waals surface area contributed by atoms with Crippen LogP contribution in [0.15, 0.2) is 0 Å². The van der Waals surface area contributed by atoms with Gasteiger partial charge in [0, 0.05) is 0 Å². The Hall–Kier alpha value is -1.22. The molecule has 2 atom stereocenters. The molecule has 0 fully saturated rings. The average Bonchev–Trinajstić information content (AvgIpc) is 2.29. The van der Waals surface area contributed by atoms with Gasteiger partial charge in [0.1, 0.15) is 6.10 Å². The number of hydrogen-bond donors (Lipinski definition) is 2. The van der Waals surface area contributed by atoms with Crippen molar-refractivity contribution in [2.75, 3.05) is 0 Å². The molecule has 2 unspecified atom stereocenters. The Balaban J connectivity index is 5.48. The Morgan fingerprint density at radius 2 is 1.17 bits per heavy atom. The third kappa shape index (κ3) is 7.74. The van der Waals surface area contributed by atoms with Crippen LogP contribution in [0.4, 0.5) is 0 Å². The van der Waals surface area contributed by atoms with Crippen LogP contribution in [0.25, 0.3) is 0 Å². The minimum absolute atomic E-state index is 0.763. The summed E-state index contributed by atoms with van der Waals surface area (Å²) < 4.78 is 0. The van der Waals surface area contributed by atoms with Crippen molar-refractivity contribution in [1.29, 1.82) is 0 Å². The number of carboxylic acids is 2. The van der Waals surface area contributed by atoms with Crippen molar-refractivity contribution < 1.29 is 39.4 Å². The Bertz CT molecular complexity index is 416. The summed E-state index contributed by atoms with van der Waals surface area (Å²) in [5.41, 5.74) is -3.15. The van der Waals surface area contributed by atoms with E-state index in [1.807, 2.05) is 0 Å². The van der Waals surface area contributed by atoms with Gasteiger partial charge in [-0.3, -0.25) is 4.79 Å². The van der Waals surface area contributed by atoms with Gasteiger partial charge in [0.2, 0.25) is 6.10 Å². The second kappa shape index (κ2) is 7.57. The minimum Gasteiger partial charge on any atom is -0.481 e. The fraction of sp³-hybridized carbons (Fsp3) is 0.867. The number of hydrogen-bond acceptors (Lipinski definition) is 6. The van der Waals surface area contributed by atoms with Crippen LogP contribution in [0.5, 0.6) is 0 Å². The van der Waals surface area contributed by atoms with Gasteiger partial charge in [-0.2, -0.15) is 0 Å². The molecular weight excluding hydrogens is 308 g/mol. The first-order valence-corrected chi connectivity index (χ1v) is 7.23. The smallest absolute Gasteiger partial charge is 0.339 e. The molecule has 0 aliphatic rings. The lowest BCUT2D eigenvalue weighted by molar-refractivity contribution is -0.434. The van der Waals surface area contributed by atoms with E-state index in [1.165, 1.54) is 13.8 Å². The van der Waals surface area contributed by atoms with Gasteiger partial charge in [-0.25, -0.2) is 24.3 Å². The van der Waals surface area contributed by atoms with Crippen molar-refractivity contribution in [3.63, 3.8) is 0 Å². The van der Waals surface area contributed by atoms with Gasteiger partial charge in [0.05, 0.1) is 16.6 Å². The average molecular weight is 336 g/mol. The van der Waals surface area contributed by atoms with Crippen LogP contribution >= 0.6 is 0 Å². The fourth-order valence-corrected chi connectivity index (χ4v) is 1.28. The van der Waals surface area contributed by atoms with Crippen molar-refractivity contribution in [3.05, 3.63) is 0 Å².